The van der Waals surface area contributed by atoms with Gasteiger partial charge in [0.15, 0.2) is 0 Å². The molecule has 1 atom stereocenters. The number of aryl methyl sites for hydroxylation is 1. The summed E-state index contributed by atoms with van der Waals surface area (Å²) in [7, 11) is 0. The molecule has 0 aliphatic carbocycles. The molecule has 1 aromatic heterocycles. The molecule has 114 valence electrons. The fraction of sp³-hybridized carbons (Fsp3) is 0.100. The molecule has 3 heteroatoms. The first-order valence-electron chi connectivity index (χ1n) is 7.58. The van der Waals surface area contributed by atoms with Gasteiger partial charge in [0, 0.05) is 11.9 Å². The van der Waals surface area contributed by atoms with E-state index in [1.165, 1.54) is 0 Å². The third-order valence-electron chi connectivity index (χ3n) is 3.78. The lowest BCUT2D eigenvalue weighted by Crippen LogP contribution is -2.23. The molecule has 0 aliphatic heterocycles. The molecular weight excluding hydrogens is 284 g/mol. The maximum atomic E-state index is 12.9. The standard InChI is InChI=1S/C20H18N2O/c1-15-9-5-6-12-17(15)22-20(23)19(16-10-3-2-4-11-16)18-13-7-8-14-21-18/h2-14,19H,1H3,(H,22,23). The second kappa shape index (κ2) is 6.88. The van der Waals surface area contributed by atoms with Crippen LogP contribution in [0.5, 0.6) is 0 Å². The number of hydrogen-bond donors (Lipinski definition) is 1. The number of nitrogens with one attached hydrogen (secondary N) is 1. The number of para-hydroxylation sites is 1. The van der Waals surface area contributed by atoms with Gasteiger partial charge in [-0.2, -0.15) is 0 Å². The van der Waals surface area contributed by atoms with Gasteiger partial charge < -0.3 is 5.32 Å². The lowest BCUT2D eigenvalue weighted by atomic mass is 9.94. The summed E-state index contributed by atoms with van der Waals surface area (Å²) < 4.78 is 0. The van der Waals surface area contributed by atoms with E-state index >= 15 is 0 Å². The first-order valence-corrected chi connectivity index (χ1v) is 7.58. The van der Waals surface area contributed by atoms with E-state index in [1.807, 2.05) is 79.7 Å². The SMILES string of the molecule is Cc1ccccc1NC(=O)C(c1ccccc1)c1ccccn1. The van der Waals surface area contributed by atoms with Crippen LogP contribution in [0.4, 0.5) is 5.69 Å². The maximum absolute atomic E-state index is 12.9. The number of carbonyl (C=O) groups excluding carboxylic acids is 1. The molecule has 3 aromatic rings. The van der Waals surface area contributed by atoms with Gasteiger partial charge in [-0.3, -0.25) is 9.78 Å². The van der Waals surface area contributed by atoms with Crippen molar-refractivity contribution >= 4 is 11.6 Å². The van der Waals surface area contributed by atoms with E-state index in [9.17, 15) is 4.79 Å². The minimum Gasteiger partial charge on any atom is -0.325 e. The minimum atomic E-state index is -0.433. The summed E-state index contributed by atoms with van der Waals surface area (Å²) in [5.74, 6) is -0.513. The average molecular weight is 302 g/mol. The molecule has 0 bridgehead atoms. The Morgan fingerprint density at radius 1 is 0.913 bits per heavy atom. The van der Waals surface area contributed by atoms with Crippen molar-refractivity contribution in [3.8, 4) is 0 Å². The number of anilines is 1. The van der Waals surface area contributed by atoms with E-state index in [-0.39, 0.29) is 5.91 Å². The molecule has 0 spiro atoms. The average Bonchev–Trinajstić information content (AvgIpc) is 2.59. The second-order valence-corrected chi connectivity index (χ2v) is 5.40. The van der Waals surface area contributed by atoms with E-state index < -0.39 is 5.92 Å². The molecular formula is C20H18N2O. The molecule has 1 amide bonds. The van der Waals surface area contributed by atoms with Crippen LogP contribution in [0.15, 0.2) is 79.0 Å². The quantitative estimate of drug-likeness (QED) is 0.786. The number of nitrogens with zero attached hydrogens (tertiary/aromatic N) is 1. The Morgan fingerprint density at radius 2 is 1.61 bits per heavy atom. The van der Waals surface area contributed by atoms with Gasteiger partial charge in [-0.05, 0) is 36.2 Å². The van der Waals surface area contributed by atoms with Crippen molar-refractivity contribution < 1.29 is 4.79 Å². The number of amides is 1. The predicted octanol–water partition coefficient (Wildman–Crippen LogP) is 4.16. The number of hydrogen-bond acceptors (Lipinski definition) is 2. The van der Waals surface area contributed by atoms with Gasteiger partial charge in [0.05, 0.1) is 5.69 Å². The molecule has 3 nitrogen and oxygen atoms in total. The zero-order valence-corrected chi connectivity index (χ0v) is 12.9. The lowest BCUT2D eigenvalue weighted by Gasteiger charge is -2.17. The lowest BCUT2D eigenvalue weighted by molar-refractivity contribution is -0.116. The monoisotopic (exact) mass is 302 g/mol. The molecule has 0 aliphatic rings. The number of carbonyl (C=O) groups is 1. The molecule has 0 saturated carbocycles. The number of rotatable bonds is 4. The third-order valence-corrected chi connectivity index (χ3v) is 3.78. The van der Waals surface area contributed by atoms with Crippen LogP contribution in [0.3, 0.4) is 0 Å². The van der Waals surface area contributed by atoms with Crippen LogP contribution < -0.4 is 5.32 Å². The van der Waals surface area contributed by atoms with Crippen molar-refractivity contribution in [3.05, 3.63) is 95.8 Å². The van der Waals surface area contributed by atoms with Crippen LogP contribution in [0.1, 0.15) is 22.7 Å². The van der Waals surface area contributed by atoms with E-state index in [0.29, 0.717) is 0 Å². The molecule has 1 unspecified atom stereocenters. The number of pyridine rings is 1. The summed E-state index contributed by atoms with van der Waals surface area (Å²) in [6.45, 7) is 1.98. The third kappa shape index (κ3) is 3.46. The molecule has 1 N–H and O–H groups in total. The summed E-state index contributed by atoms with van der Waals surface area (Å²) in [5.41, 5.74) is 3.53. The van der Waals surface area contributed by atoms with Crippen LogP contribution in [0.25, 0.3) is 0 Å². The first kappa shape index (κ1) is 15.0. The highest BCUT2D eigenvalue weighted by molar-refractivity contribution is 5.98. The van der Waals surface area contributed by atoms with Crippen LogP contribution >= 0.6 is 0 Å². The Labute approximate surface area is 136 Å². The maximum Gasteiger partial charge on any atom is 0.238 e. The van der Waals surface area contributed by atoms with Crippen LogP contribution in [-0.2, 0) is 4.79 Å². The fourth-order valence-electron chi connectivity index (χ4n) is 2.57. The Kier molecular flexibility index (Phi) is 4.48. The molecule has 1 heterocycles. The van der Waals surface area contributed by atoms with Crippen molar-refractivity contribution in [1.29, 1.82) is 0 Å². The van der Waals surface area contributed by atoms with Gasteiger partial charge in [-0.15, -0.1) is 0 Å². The van der Waals surface area contributed by atoms with Crippen molar-refractivity contribution in [2.75, 3.05) is 5.32 Å². The molecule has 0 saturated heterocycles. The van der Waals surface area contributed by atoms with E-state index in [0.717, 1.165) is 22.5 Å². The number of aromatic nitrogens is 1. The summed E-state index contributed by atoms with van der Waals surface area (Å²) in [5, 5.41) is 3.03. The second-order valence-electron chi connectivity index (χ2n) is 5.40. The normalized spacial score (nSPS) is 11.7. The molecule has 2 aromatic carbocycles. The number of benzene rings is 2. The van der Waals surface area contributed by atoms with Crippen molar-refractivity contribution in [3.63, 3.8) is 0 Å². The van der Waals surface area contributed by atoms with E-state index in [2.05, 4.69) is 10.3 Å². The molecule has 23 heavy (non-hydrogen) atoms. The summed E-state index contributed by atoms with van der Waals surface area (Å²) >= 11 is 0. The smallest absolute Gasteiger partial charge is 0.238 e. The van der Waals surface area contributed by atoms with Gasteiger partial charge >= 0.3 is 0 Å². The van der Waals surface area contributed by atoms with Crippen LogP contribution in [-0.4, -0.2) is 10.9 Å². The predicted molar refractivity (Wildman–Crippen MR) is 92.3 cm³/mol. The van der Waals surface area contributed by atoms with Crippen molar-refractivity contribution in [2.45, 2.75) is 12.8 Å². The summed E-state index contributed by atoms with van der Waals surface area (Å²) in [6, 6.07) is 23.1. The summed E-state index contributed by atoms with van der Waals surface area (Å²) in [6.07, 6.45) is 1.71. The highest BCUT2D eigenvalue weighted by Gasteiger charge is 2.24. The minimum absolute atomic E-state index is 0.0794. The molecule has 3 rings (SSSR count). The highest BCUT2D eigenvalue weighted by atomic mass is 16.1. The van der Waals surface area contributed by atoms with Gasteiger partial charge in [-0.1, -0.05) is 54.6 Å². The Balaban J connectivity index is 1.96. The van der Waals surface area contributed by atoms with Crippen molar-refractivity contribution in [2.24, 2.45) is 0 Å². The molecule has 0 radical (unpaired) electrons. The molecule has 0 fully saturated rings. The zero-order chi connectivity index (χ0) is 16.1. The largest absolute Gasteiger partial charge is 0.325 e. The van der Waals surface area contributed by atoms with Crippen molar-refractivity contribution in [1.82, 2.24) is 4.98 Å². The Morgan fingerprint density at radius 3 is 2.30 bits per heavy atom. The Bertz CT molecular complexity index is 746. The fourth-order valence-corrected chi connectivity index (χ4v) is 2.57. The zero-order valence-electron chi connectivity index (χ0n) is 12.9. The van der Waals surface area contributed by atoms with Crippen LogP contribution in [0.2, 0.25) is 0 Å². The summed E-state index contributed by atoms with van der Waals surface area (Å²) in [4.78, 5) is 17.3. The Hall–Kier alpha value is -2.94. The van der Waals surface area contributed by atoms with Gasteiger partial charge in [0.25, 0.3) is 0 Å². The first-order chi connectivity index (χ1) is 11.3. The van der Waals surface area contributed by atoms with E-state index in [1.54, 1.807) is 6.20 Å². The topological polar surface area (TPSA) is 42.0 Å². The van der Waals surface area contributed by atoms with Crippen LogP contribution in [0, 0.1) is 6.92 Å². The van der Waals surface area contributed by atoms with Gasteiger partial charge in [0.2, 0.25) is 5.91 Å². The van der Waals surface area contributed by atoms with Gasteiger partial charge in [-0.25, -0.2) is 0 Å². The highest BCUT2D eigenvalue weighted by Crippen LogP contribution is 2.25. The van der Waals surface area contributed by atoms with E-state index in [4.69, 9.17) is 0 Å². The van der Waals surface area contributed by atoms with Gasteiger partial charge in [0.1, 0.15) is 5.92 Å².